The van der Waals surface area contributed by atoms with E-state index in [-0.39, 0.29) is 0 Å². The van der Waals surface area contributed by atoms with Crippen LogP contribution in [0, 0.1) is 5.92 Å². The van der Waals surface area contributed by atoms with Crippen LogP contribution in [0.15, 0.2) is 6.07 Å². The zero-order chi connectivity index (χ0) is 15.0. The summed E-state index contributed by atoms with van der Waals surface area (Å²) in [4.78, 5) is 7.95. The van der Waals surface area contributed by atoms with Gasteiger partial charge in [0.2, 0.25) is 0 Å². The molecule has 0 amide bonds. The van der Waals surface area contributed by atoms with Crippen molar-refractivity contribution in [1.82, 2.24) is 4.98 Å². The number of aryl methyl sites for hydroxylation is 2. The Balaban J connectivity index is 2.03. The molecule has 0 saturated heterocycles. The van der Waals surface area contributed by atoms with Gasteiger partial charge in [-0.05, 0) is 56.1 Å². The van der Waals surface area contributed by atoms with E-state index < -0.39 is 0 Å². The number of nitrogens with two attached hydrogens (primary N) is 1. The van der Waals surface area contributed by atoms with Crippen LogP contribution < -0.4 is 10.6 Å². The monoisotopic (exact) mass is 303 g/mol. The summed E-state index contributed by atoms with van der Waals surface area (Å²) >= 11 is 5.31. The smallest absolute Gasteiger partial charge is 0.139 e. The zero-order valence-electron chi connectivity index (χ0n) is 13.1. The molecule has 21 heavy (non-hydrogen) atoms. The molecule has 2 N–H and O–H groups in total. The maximum Gasteiger partial charge on any atom is 0.139 e. The van der Waals surface area contributed by atoms with E-state index in [4.69, 9.17) is 22.9 Å². The molecule has 3 rings (SSSR count). The van der Waals surface area contributed by atoms with E-state index in [1.807, 2.05) is 0 Å². The Morgan fingerprint density at radius 2 is 2.10 bits per heavy atom. The Kier molecular flexibility index (Phi) is 4.16. The van der Waals surface area contributed by atoms with Crippen molar-refractivity contribution in [2.24, 2.45) is 11.7 Å². The van der Waals surface area contributed by atoms with Gasteiger partial charge in [0.1, 0.15) is 10.8 Å². The highest BCUT2D eigenvalue weighted by molar-refractivity contribution is 7.80. The van der Waals surface area contributed by atoms with Crippen LogP contribution in [0.5, 0.6) is 0 Å². The Hall–Kier alpha value is -1.16. The molecule has 1 heterocycles. The van der Waals surface area contributed by atoms with E-state index in [0.29, 0.717) is 16.9 Å². The van der Waals surface area contributed by atoms with Crippen molar-refractivity contribution in [2.75, 3.05) is 11.4 Å². The molecular formula is C17H25N3S. The molecule has 2 aliphatic rings. The predicted molar refractivity (Wildman–Crippen MR) is 92.0 cm³/mol. The molecule has 1 aromatic heterocycles. The number of thiocarbonyl (C=S) groups is 1. The van der Waals surface area contributed by atoms with Gasteiger partial charge in [-0.2, -0.15) is 0 Å². The number of anilines is 1. The maximum absolute atomic E-state index is 6.00. The van der Waals surface area contributed by atoms with Gasteiger partial charge in [-0.25, -0.2) is 4.98 Å². The van der Waals surface area contributed by atoms with Crippen molar-refractivity contribution >= 4 is 23.0 Å². The third-order valence-electron chi connectivity index (χ3n) is 4.37. The zero-order valence-corrected chi connectivity index (χ0v) is 13.9. The van der Waals surface area contributed by atoms with Crippen LogP contribution in [0.3, 0.4) is 0 Å². The van der Waals surface area contributed by atoms with Gasteiger partial charge in [0.15, 0.2) is 0 Å². The number of nitrogens with zero attached hydrogens (tertiary/aromatic N) is 2. The first kappa shape index (κ1) is 14.8. The highest BCUT2D eigenvalue weighted by Crippen LogP contribution is 2.35. The van der Waals surface area contributed by atoms with Gasteiger partial charge in [-0.1, -0.05) is 26.1 Å². The Bertz CT molecular complexity index is 549. The molecule has 0 atom stereocenters. The summed E-state index contributed by atoms with van der Waals surface area (Å²) in [5, 5.41) is 0. The first-order chi connectivity index (χ1) is 10.1. The highest BCUT2D eigenvalue weighted by Gasteiger charge is 2.32. The van der Waals surface area contributed by atoms with E-state index in [1.165, 1.54) is 36.9 Å². The van der Waals surface area contributed by atoms with E-state index >= 15 is 0 Å². The maximum atomic E-state index is 6.00. The minimum absolute atomic E-state index is 0.486. The number of pyridine rings is 1. The summed E-state index contributed by atoms with van der Waals surface area (Å²) in [6.07, 6.45) is 7.25. The van der Waals surface area contributed by atoms with Gasteiger partial charge in [-0.3, -0.25) is 0 Å². The quantitative estimate of drug-likeness (QED) is 0.848. The lowest BCUT2D eigenvalue weighted by Gasteiger charge is -2.29. The predicted octanol–water partition coefficient (Wildman–Crippen LogP) is 3.22. The number of aromatic nitrogens is 1. The average Bonchev–Trinajstić information content (AvgIpc) is 3.27. The summed E-state index contributed by atoms with van der Waals surface area (Å²) < 4.78 is 0. The van der Waals surface area contributed by atoms with E-state index in [1.54, 1.807) is 0 Å². The Morgan fingerprint density at radius 1 is 1.38 bits per heavy atom. The second kappa shape index (κ2) is 5.91. The molecule has 3 nitrogen and oxygen atoms in total. The minimum atomic E-state index is 0.486. The van der Waals surface area contributed by atoms with Crippen molar-refractivity contribution in [2.45, 2.75) is 58.4 Å². The van der Waals surface area contributed by atoms with Crippen molar-refractivity contribution in [3.8, 4) is 0 Å². The molecule has 0 bridgehead atoms. The van der Waals surface area contributed by atoms with Gasteiger partial charge < -0.3 is 10.6 Å². The van der Waals surface area contributed by atoms with Gasteiger partial charge in [0.05, 0.1) is 5.56 Å². The third-order valence-corrected chi connectivity index (χ3v) is 4.59. The largest absolute Gasteiger partial charge is 0.389 e. The molecule has 0 radical (unpaired) electrons. The van der Waals surface area contributed by atoms with Crippen molar-refractivity contribution in [1.29, 1.82) is 0 Å². The first-order valence-electron chi connectivity index (χ1n) is 8.15. The first-order valence-corrected chi connectivity index (χ1v) is 8.56. The highest BCUT2D eigenvalue weighted by atomic mass is 32.1. The molecule has 4 heteroatoms. The molecule has 114 valence electrons. The van der Waals surface area contributed by atoms with E-state index in [9.17, 15) is 0 Å². The standard InChI is InChI=1S/C17H25N3S/c1-11(2)10-20(13-7-8-13)17-14(16(18)21)9-12-5-3-4-6-15(12)19-17/h9,11,13H,3-8,10H2,1-2H3,(H2,18,21). The van der Waals surface area contributed by atoms with Gasteiger partial charge in [-0.15, -0.1) is 0 Å². The minimum Gasteiger partial charge on any atom is -0.389 e. The van der Waals surface area contributed by atoms with Crippen molar-refractivity contribution < 1.29 is 0 Å². The summed E-state index contributed by atoms with van der Waals surface area (Å²) in [7, 11) is 0. The van der Waals surface area contributed by atoms with Crippen LogP contribution in [0.4, 0.5) is 5.82 Å². The lowest BCUT2D eigenvalue weighted by molar-refractivity contribution is 0.598. The van der Waals surface area contributed by atoms with Gasteiger partial charge in [0, 0.05) is 18.3 Å². The summed E-state index contributed by atoms with van der Waals surface area (Å²) in [6.45, 7) is 5.55. The van der Waals surface area contributed by atoms with Crippen LogP contribution >= 0.6 is 12.2 Å². The van der Waals surface area contributed by atoms with Crippen molar-refractivity contribution in [3.63, 3.8) is 0 Å². The number of hydrogen-bond acceptors (Lipinski definition) is 3. The van der Waals surface area contributed by atoms with Crippen LogP contribution in [-0.2, 0) is 12.8 Å². The third kappa shape index (κ3) is 3.20. The van der Waals surface area contributed by atoms with Crippen LogP contribution in [-0.4, -0.2) is 22.6 Å². The normalized spacial score (nSPS) is 17.7. The SMILES string of the molecule is CC(C)CN(c1nc2c(cc1C(N)=S)CCCC2)C1CC1. The lowest BCUT2D eigenvalue weighted by atomic mass is 9.94. The van der Waals surface area contributed by atoms with Crippen molar-refractivity contribution in [3.05, 3.63) is 22.9 Å². The van der Waals surface area contributed by atoms with Gasteiger partial charge >= 0.3 is 0 Å². The molecule has 0 spiro atoms. The van der Waals surface area contributed by atoms with Crippen LogP contribution in [0.2, 0.25) is 0 Å². The van der Waals surface area contributed by atoms with Crippen LogP contribution in [0.25, 0.3) is 0 Å². The fourth-order valence-electron chi connectivity index (χ4n) is 3.21. The molecule has 2 aliphatic carbocycles. The molecule has 1 saturated carbocycles. The van der Waals surface area contributed by atoms with E-state index in [2.05, 4.69) is 24.8 Å². The number of rotatable bonds is 5. The second-order valence-corrected chi connectivity index (χ2v) is 7.25. The van der Waals surface area contributed by atoms with Crippen LogP contribution in [0.1, 0.15) is 56.4 Å². The molecule has 1 fully saturated rings. The Morgan fingerprint density at radius 3 is 2.71 bits per heavy atom. The summed E-state index contributed by atoms with van der Waals surface area (Å²) in [5.41, 5.74) is 9.61. The average molecular weight is 303 g/mol. The van der Waals surface area contributed by atoms with E-state index in [0.717, 1.165) is 30.8 Å². The fourth-order valence-corrected chi connectivity index (χ4v) is 3.36. The fraction of sp³-hybridized carbons (Fsp3) is 0.647. The number of hydrogen-bond donors (Lipinski definition) is 1. The van der Waals surface area contributed by atoms with Gasteiger partial charge in [0.25, 0.3) is 0 Å². The molecule has 0 aromatic carbocycles. The Labute approximate surface area is 132 Å². The number of fused-ring (bicyclic) bond motifs is 1. The molecule has 1 aromatic rings. The summed E-state index contributed by atoms with van der Waals surface area (Å²) in [5.74, 6) is 1.65. The topological polar surface area (TPSA) is 42.2 Å². The molecule has 0 unspecified atom stereocenters. The summed E-state index contributed by atoms with van der Waals surface area (Å²) in [6, 6.07) is 2.85. The molecular weight excluding hydrogens is 278 g/mol. The molecule has 0 aliphatic heterocycles. The second-order valence-electron chi connectivity index (χ2n) is 6.81. The lowest BCUT2D eigenvalue weighted by Crippen LogP contribution is -2.33.